The number of anilines is 1. The van der Waals surface area contributed by atoms with Gasteiger partial charge in [0.25, 0.3) is 0 Å². The van der Waals surface area contributed by atoms with Crippen LogP contribution in [0.5, 0.6) is 0 Å². The average molecular weight is 298 g/mol. The minimum Gasteiger partial charge on any atom is -0.378 e. The van der Waals surface area contributed by atoms with Crippen molar-refractivity contribution in [1.82, 2.24) is 9.78 Å². The Morgan fingerprint density at radius 1 is 1.45 bits per heavy atom. The predicted molar refractivity (Wildman–Crippen MR) is 73.0 cm³/mol. The van der Waals surface area contributed by atoms with E-state index in [0.717, 1.165) is 17.3 Å². The molecule has 0 aliphatic carbocycles. The standard InChI is InChI=1S/C12H15FN4O2S/c1-8-9(7-16-17(8)2)6-15-12-4-3-10(5-11(12)13)20(14,18)19/h3-5,7,15H,6H2,1-2H3,(H2,14,18,19). The number of primary sulfonamides is 1. The minimum absolute atomic E-state index is 0.209. The molecule has 2 rings (SSSR count). The molecule has 0 saturated carbocycles. The fourth-order valence-electron chi connectivity index (χ4n) is 1.72. The Morgan fingerprint density at radius 3 is 2.65 bits per heavy atom. The number of hydrogen-bond donors (Lipinski definition) is 2. The second-order valence-corrected chi connectivity index (χ2v) is 5.98. The van der Waals surface area contributed by atoms with E-state index in [9.17, 15) is 12.8 Å². The number of benzene rings is 1. The highest BCUT2D eigenvalue weighted by Gasteiger charge is 2.12. The molecule has 0 atom stereocenters. The molecule has 1 aromatic carbocycles. The number of nitrogens with zero attached hydrogens (tertiary/aromatic N) is 2. The number of hydrogen-bond acceptors (Lipinski definition) is 4. The lowest BCUT2D eigenvalue weighted by atomic mass is 10.2. The molecule has 0 fully saturated rings. The van der Waals surface area contributed by atoms with Crippen LogP contribution in [0, 0.1) is 12.7 Å². The third kappa shape index (κ3) is 2.97. The third-order valence-electron chi connectivity index (χ3n) is 3.08. The van der Waals surface area contributed by atoms with Gasteiger partial charge in [-0.25, -0.2) is 17.9 Å². The second-order valence-electron chi connectivity index (χ2n) is 4.42. The zero-order valence-electron chi connectivity index (χ0n) is 11.1. The summed E-state index contributed by atoms with van der Waals surface area (Å²) < 4.78 is 37.7. The number of nitrogens with two attached hydrogens (primary N) is 1. The van der Waals surface area contributed by atoms with E-state index >= 15 is 0 Å². The van der Waals surface area contributed by atoms with Crippen LogP contribution in [-0.4, -0.2) is 18.2 Å². The number of aromatic nitrogens is 2. The molecule has 0 spiro atoms. The van der Waals surface area contributed by atoms with Gasteiger partial charge in [-0.1, -0.05) is 0 Å². The molecule has 1 aromatic heterocycles. The monoisotopic (exact) mass is 298 g/mol. The smallest absolute Gasteiger partial charge is 0.238 e. The Hall–Kier alpha value is -1.93. The summed E-state index contributed by atoms with van der Waals surface area (Å²) in [6.07, 6.45) is 1.69. The van der Waals surface area contributed by atoms with Gasteiger partial charge in [-0.2, -0.15) is 5.10 Å². The first kappa shape index (κ1) is 14.5. The summed E-state index contributed by atoms with van der Waals surface area (Å²) in [5.41, 5.74) is 2.11. The predicted octanol–water partition coefficient (Wildman–Crippen LogP) is 1.13. The highest BCUT2D eigenvalue weighted by atomic mass is 32.2. The number of nitrogens with one attached hydrogen (secondary N) is 1. The lowest BCUT2D eigenvalue weighted by molar-refractivity contribution is 0.593. The van der Waals surface area contributed by atoms with E-state index in [-0.39, 0.29) is 10.6 Å². The lowest BCUT2D eigenvalue weighted by Gasteiger charge is -2.08. The van der Waals surface area contributed by atoms with Crippen molar-refractivity contribution >= 4 is 15.7 Å². The maximum atomic E-state index is 13.8. The molecule has 1 heterocycles. The van der Waals surface area contributed by atoms with E-state index in [2.05, 4.69) is 10.4 Å². The van der Waals surface area contributed by atoms with E-state index < -0.39 is 15.8 Å². The number of halogens is 1. The van der Waals surface area contributed by atoms with Gasteiger partial charge in [-0.05, 0) is 25.1 Å². The van der Waals surface area contributed by atoms with Gasteiger partial charge in [0.05, 0.1) is 16.8 Å². The van der Waals surface area contributed by atoms with E-state index in [0.29, 0.717) is 6.54 Å². The number of rotatable bonds is 4. The molecule has 0 amide bonds. The van der Waals surface area contributed by atoms with Crippen LogP contribution in [0.3, 0.4) is 0 Å². The SMILES string of the molecule is Cc1c(CNc2ccc(S(N)(=O)=O)cc2F)cnn1C. The third-order valence-corrected chi connectivity index (χ3v) is 3.99. The van der Waals surface area contributed by atoms with E-state index in [4.69, 9.17) is 5.14 Å². The van der Waals surface area contributed by atoms with Gasteiger partial charge in [-0.3, -0.25) is 4.68 Å². The van der Waals surface area contributed by atoms with Crippen LogP contribution in [0.15, 0.2) is 29.3 Å². The molecule has 6 nitrogen and oxygen atoms in total. The molecule has 0 aliphatic rings. The van der Waals surface area contributed by atoms with Crippen molar-refractivity contribution in [3.8, 4) is 0 Å². The Bertz CT molecular complexity index is 740. The highest BCUT2D eigenvalue weighted by molar-refractivity contribution is 7.89. The molecular weight excluding hydrogens is 283 g/mol. The zero-order valence-corrected chi connectivity index (χ0v) is 11.9. The van der Waals surface area contributed by atoms with Crippen molar-refractivity contribution in [2.24, 2.45) is 12.2 Å². The molecule has 108 valence electrons. The van der Waals surface area contributed by atoms with Crippen molar-refractivity contribution in [2.75, 3.05) is 5.32 Å². The van der Waals surface area contributed by atoms with Crippen LogP contribution in [0.1, 0.15) is 11.3 Å². The van der Waals surface area contributed by atoms with E-state index in [1.54, 1.807) is 10.9 Å². The summed E-state index contributed by atoms with van der Waals surface area (Å²) in [5, 5.41) is 11.9. The first-order valence-corrected chi connectivity index (χ1v) is 7.37. The Labute approximate surface area is 116 Å². The van der Waals surface area contributed by atoms with Gasteiger partial charge in [0.1, 0.15) is 5.82 Å². The Balaban J connectivity index is 2.17. The van der Waals surface area contributed by atoms with Gasteiger partial charge in [0.2, 0.25) is 10.0 Å². The first-order valence-electron chi connectivity index (χ1n) is 5.82. The van der Waals surface area contributed by atoms with Gasteiger partial charge in [0, 0.05) is 24.8 Å². The summed E-state index contributed by atoms with van der Waals surface area (Å²) in [5.74, 6) is -0.668. The molecule has 0 radical (unpaired) electrons. The second kappa shape index (κ2) is 5.22. The molecule has 0 unspecified atom stereocenters. The van der Waals surface area contributed by atoms with Crippen LogP contribution in [0.2, 0.25) is 0 Å². The van der Waals surface area contributed by atoms with Gasteiger partial charge >= 0.3 is 0 Å². The van der Waals surface area contributed by atoms with Crippen LogP contribution in [0.4, 0.5) is 10.1 Å². The van der Waals surface area contributed by atoms with E-state index in [1.165, 1.54) is 12.1 Å². The molecule has 0 bridgehead atoms. The first-order chi connectivity index (χ1) is 9.29. The van der Waals surface area contributed by atoms with Crippen molar-refractivity contribution in [1.29, 1.82) is 0 Å². The van der Waals surface area contributed by atoms with Gasteiger partial charge < -0.3 is 5.32 Å². The summed E-state index contributed by atoms with van der Waals surface area (Å²) in [4.78, 5) is -0.252. The quantitative estimate of drug-likeness (QED) is 0.885. The van der Waals surface area contributed by atoms with Crippen LogP contribution < -0.4 is 10.5 Å². The normalized spacial score (nSPS) is 11.6. The lowest BCUT2D eigenvalue weighted by Crippen LogP contribution is -2.13. The van der Waals surface area contributed by atoms with E-state index in [1.807, 2.05) is 14.0 Å². The number of sulfonamides is 1. The largest absolute Gasteiger partial charge is 0.378 e. The molecule has 0 saturated heterocycles. The molecule has 0 aliphatic heterocycles. The minimum atomic E-state index is -3.89. The molecular formula is C12H15FN4O2S. The maximum Gasteiger partial charge on any atom is 0.238 e. The van der Waals surface area contributed by atoms with Crippen molar-refractivity contribution in [3.05, 3.63) is 41.5 Å². The maximum absolute atomic E-state index is 13.8. The van der Waals surface area contributed by atoms with Crippen molar-refractivity contribution in [3.63, 3.8) is 0 Å². The summed E-state index contributed by atoms with van der Waals surface area (Å²) in [6.45, 7) is 2.30. The highest BCUT2D eigenvalue weighted by Crippen LogP contribution is 2.19. The van der Waals surface area contributed by atoms with Crippen LogP contribution in [0.25, 0.3) is 0 Å². The molecule has 3 N–H and O–H groups in total. The molecule has 20 heavy (non-hydrogen) atoms. The number of aryl methyl sites for hydroxylation is 1. The van der Waals surface area contributed by atoms with Crippen LogP contribution in [-0.2, 0) is 23.6 Å². The summed E-state index contributed by atoms with van der Waals surface area (Å²) in [7, 11) is -2.07. The topological polar surface area (TPSA) is 90.0 Å². The Morgan fingerprint density at radius 2 is 2.15 bits per heavy atom. The zero-order chi connectivity index (χ0) is 14.9. The van der Waals surface area contributed by atoms with Crippen molar-refractivity contribution in [2.45, 2.75) is 18.4 Å². The molecule has 8 heteroatoms. The summed E-state index contributed by atoms with van der Waals surface area (Å²) in [6, 6.07) is 3.51. The van der Waals surface area contributed by atoms with Crippen molar-refractivity contribution < 1.29 is 12.8 Å². The van der Waals surface area contributed by atoms with Gasteiger partial charge in [-0.15, -0.1) is 0 Å². The molecule has 2 aromatic rings. The van der Waals surface area contributed by atoms with Gasteiger partial charge in [0.15, 0.2) is 0 Å². The fraction of sp³-hybridized carbons (Fsp3) is 0.250. The Kier molecular flexibility index (Phi) is 3.78. The van der Waals surface area contributed by atoms with Crippen LogP contribution >= 0.6 is 0 Å². The summed E-state index contributed by atoms with van der Waals surface area (Å²) >= 11 is 0. The average Bonchev–Trinajstić information content (AvgIpc) is 2.67. The fourth-order valence-corrected chi connectivity index (χ4v) is 2.25.